The summed E-state index contributed by atoms with van der Waals surface area (Å²) in [5.74, 6) is -0.701. The highest BCUT2D eigenvalue weighted by Gasteiger charge is 2.30. The lowest BCUT2D eigenvalue weighted by Crippen LogP contribution is -2.24. The predicted molar refractivity (Wildman–Crippen MR) is 89.6 cm³/mol. The number of carbonyl (C=O) groups is 2. The molecule has 1 N–H and O–H groups in total. The van der Waals surface area contributed by atoms with Crippen LogP contribution in [0.3, 0.4) is 0 Å². The topological polar surface area (TPSA) is 68.3 Å². The van der Waals surface area contributed by atoms with Gasteiger partial charge in [0.25, 0.3) is 0 Å². The van der Waals surface area contributed by atoms with Crippen molar-refractivity contribution in [2.24, 2.45) is 0 Å². The van der Waals surface area contributed by atoms with Crippen LogP contribution in [0.2, 0.25) is 0 Å². The van der Waals surface area contributed by atoms with Crippen LogP contribution in [-0.2, 0) is 22.3 Å². The smallest absolute Gasteiger partial charge is 0.417 e. The van der Waals surface area contributed by atoms with Gasteiger partial charge in [-0.1, -0.05) is 23.9 Å². The van der Waals surface area contributed by atoms with Crippen LogP contribution in [0.4, 0.5) is 13.2 Å². The molecule has 0 saturated carbocycles. The van der Waals surface area contributed by atoms with Crippen molar-refractivity contribution in [2.45, 2.75) is 17.7 Å². The number of hydrogen-bond donors (Lipinski definition) is 1. The maximum Gasteiger partial charge on any atom is 0.417 e. The van der Waals surface area contributed by atoms with Gasteiger partial charge in [0.05, 0.1) is 29.0 Å². The largest absolute Gasteiger partial charge is 0.465 e. The van der Waals surface area contributed by atoms with Crippen molar-refractivity contribution in [1.29, 1.82) is 0 Å². The van der Waals surface area contributed by atoms with Gasteiger partial charge in [-0.25, -0.2) is 9.78 Å². The van der Waals surface area contributed by atoms with E-state index in [1.54, 1.807) is 24.3 Å². The maximum absolute atomic E-state index is 12.4. The monoisotopic (exact) mass is 384 g/mol. The molecule has 0 aliphatic heterocycles. The van der Waals surface area contributed by atoms with E-state index in [1.807, 2.05) is 0 Å². The zero-order chi connectivity index (χ0) is 19.2. The van der Waals surface area contributed by atoms with Crippen molar-refractivity contribution in [1.82, 2.24) is 10.3 Å². The molecule has 0 fully saturated rings. The van der Waals surface area contributed by atoms with Crippen molar-refractivity contribution in [3.63, 3.8) is 0 Å². The Morgan fingerprint density at radius 1 is 1.15 bits per heavy atom. The molecule has 26 heavy (non-hydrogen) atoms. The number of rotatable bonds is 6. The number of nitrogens with zero attached hydrogens (tertiary/aromatic N) is 1. The molecular weight excluding hydrogens is 369 g/mol. The molecule has 0 unspecified atom stereocenters. The lowest BCUT2D eigenvalue weighted by atomic mass is 10.1. The fourth-order valence-corrected chi connectivity index (χ4v) is 2.57. The van der Waals surface area contributed by atoms with Crippen LogP contribution < -0.4 is 5.32 Å². The number of methoxy groups -OCH3 is 1. The molecule has 1 amide bonds. The second-order valence-electron chi connectivity index (χ2n) is 5.14. The maximum atomic E-state index is 12.4. The Bertz CT molecular complexity index is 762. The predicted octanol–water partition coefficient (Wildman–Crippen LogP) is 3.30. The molecule has 1 aromatic carbocycles. The highest BCUT2D eigenvalue weighted by Crippen LogP contribution is 2.29. The highest BCUT2D eigenvalue weighted by atomic mass is 32.2. The lowest BCUT2D eigenvalue weighted by Gasteiger charge is -2.07. The van der Waals surface area contributed by atoms with Gasteiger partial charge < -0.3 is 10.1 Å². The molecular formula is C17H15F3N2O3S. The Morgan fingerprint density at radius 3 is 2.38 bits per heavy atom. The summed E-state index contributed by atoms with van der Waals surface area (Å²) in [6.45, 7) is 0.265. The first-order chi connectivity index (χ1) is 12.3. The summed E-state index contributed by atoms with van der Waals surface area (Å²) in [5.41, 5.74) is 0.372. The number of benzene rings is 1. The minimum atomic E-state index is -4.43. The zero-order valence-corrected chi connectivity index (χ0v) is 14.5. The van der Waals surface area contributed by atoms with Crippen molar-refractivity contribution in [3.8, 4) is 0 Å². The second-order valence-corrected chi connectivity index (χ2v) is 6.13. The third kappa shape index (κ3) is 5.76. The Hall–Kier alpha value is -2.55. The molecule has 0 spiro atoms. The summed E-state index contributed by atoms with van der Waals surface area (Å²) < 4.78 is 41.9. The fourth-order valence-electron chi connectivity index (χ4n) is 1.90. The van der Waals surface area contributed by atoms with Crippen molar-refractivity contribution in [3.05, 3.63) is 59.3 Å². The molecule has 2 aromatic rings. The number of aromatic nitrogens is 1. The molecule has 0 radical (unpaired) electrons. The van der Waals surface area contributed by atoms with Crippen LogP contribution >= 0.6 is 11.8 Å². The average molecular weight is 384 g/mol. The molecule has 5 nitrogen and oxygen atoms in total. The summed E-state index contributed by atoms with van der Waals surface area (Å²) in [6.07, 6.45) is -3.69. The number of halogens is 3. The molecule has 0 aliphatic rings. The Morgan fingerprint density at radius 2 is 1.85 bits per heavy atom. The van der Waals surface area contributed by atoms with Crippen LogP contribution in [0.5, 0.6) is 0 Å². The minimum absolute atomic E-state index is 0.0264. The summed E-state index contributed by atoms with van der Waals surface area (Å²) in [4.78, 5) is 26.8. The standard InChI is InChI=1S/C17H15F3N2O3S/c1-25-16(24)12-4-2-11(3-5-12)8-21-14(23)10-26-15-7-6-13(9-22-15)17(18,19)20/h2-7,9H,8,10H2,1H3,(H,21,23). The lowest BCUT2D eigenvalue weighted by molar-refractivity contribution is -0.137. The van der Waals surface area contributed by atoms with Crippen LogP contribution in [0.15, 0.2) is 47.6 Å². The first-order valence-corrected chi connectivity index (χ1v) is 8.38. The summed E-state index contributed by atoms with van der Waals surface area (Å²) in [7, 11) is 1.29. The van der Waals surface area contributed by atoms with Crippen molar-refractivity contribution in [2.75, 3.05) is 12.9 Å². The molecule has 9 heteroatoms. The summed E-state index contributed by atoms with van der Waals surface area (Å²) in [6, 6.07) is 8.72. The summed E-state index contributed by atoms with van der Waals surface area (Å²) in [5, 5.41) is 3.01. The fraction of sp³-hybridized carbons (Fsp3) is 0.235. The Labute approximate surface area is 152 Å². The van der Waals surface area contributed by atoms with Crippen LogP contribution in [0.1, 0.15) is 21.5 Å². The quantitative estimate of drug-likeness (QED) is 0.611. The third-order valence-electron chi connectivity index (χ3n) is 3.28. The van der Waals surface area contributed by atoms with E-state index in [-0.39, 0.29) is 18.2 Å². The van der Waals surface area contributed by atoms with Gasteiger partial charge in [0.15, 0.2) is 0 Å². The van der Waals surface area contributed by atoms with Gasteiger partial charge in [-0.2, -0.15) is 13.2 Å². The van der Waals surface area contributed by atoms with Gasteiger partial charge in [-0.05, 0) is 29.8 Å². The van der Waals surface area contributed by atoms with Gasteiger partial charge in [-0.15, -0.1) is 0 Å². The number of hydrogen-bond acceptors (Lipinski definition) is 5. The number of amides is 1. The highest BCUT2D eigenvalue weighted by molar-refractivity contribution is 7.99. The number of thioether (sulfide) groups is 1. The van der Waals surface area contributed by atoms with Crippen LogP contribution in [0.25, 0.3) is 0 Å². The van der Waals surface area contributed by atoms with Gasteiger partial charge in [0, 0.05) is 12.7 Å². The zero-order valence-electron chi connectivity index (χ0n) is 13.7. The number of alkyl halides is 3. The van der Waals surface area contributed by atoms with Crippen molar-refractivity contribution >= 4 is 23.6 Å². The van der Waals surface area contributed by atoms with Gasteiger partial charge in [0.1, 0.15) is 0 Å². The van der Waals surface area contributed by atoms with E-state index in [1.165, 1.54) is 13.2 Å². The molecule has 0 aliphatic carbocycles. The van der Waals surface area contributed by atoms with Crippen molar-refractivity contribution < 1.29 is 27.5 Å². The second kappa shape index (κ2) is 8.70. The number of ether oxygens (including phenoxy) is 1. The van der Waals surface area contributed by atoms with Crippen LogP contribution in [0, 0.1) is 0 Å². The van der Waals surface area contributed by atoms with Crippen LogP contribution in [-0.4, -0.2) is 29.7 Å². The molecule has 0 saturated heterocycles. The number of pyridine rings is 1. The molecule has 0 atom stereocenters. The molecule has 1 heterocycles. The van der Waals surface area contributed by atoms with E-state index >= 15 is 0 Å². The van der Waals surface area contributed by atoms with E-state index in [0.717, 1.165) is 29.6 Å². The molecule has 1 aromatic heterocycles. The number of nitrogens with one attached hydrogen (secondary N) is 1. The Kier molecular flexibility index (Phi) is 6.62. The van der Waals surface area contributed by atoms with Gasteiger partial charge in [0.2, 0.25) is 5.91 Å². The normalized spacial score (nSPS) is 11.1. The van der Waals surface area contributed by atoms with Gasteiger partial charge >= 0.3 is 12.1 Å². The van der Waals surface area contributed by atoms with E-state index < -0.39 is 17.7 Å². The molecule has 138 valence electrons. The van der Waals surface area contributed by atoms with E-state index in [9.17, 15) is 22.8 Å². The molecule has 2 rings (SSSR count). The molecule has 0 bridgehead atoms. The Balaban J connectivity index is 1.79. The van der Waals surface area contributed by atoms with E-state index in [0.29, 0.717) is 10.6 Å². The number of carbonyl (C=O) groups excluding carboxylic acids is 2. The minimum Gasteiger partial charge on any atom is -0.465 e. The van der Waals surface area contributed by atoms with E-state index in [2.05, 4.69) is 15.0 Å². The number of esters is 1. The third-order valence-corrected chi connectivity index (χ3v) is 4.22. The van der Waals surface area contributed by atoms with E-state index in [4.69, 9.17) is 0 Å². The average Bonchev–Trinajstić information content (AvgIpc) is 2.64. The summed E-state index contributed by atoms with van der Waals surface area (Å²) >= 11 is 1.04. The first-order valence-electron chi connectivity index (χ1n) is 7.39. The first kappa shape index (κ1) is 19.8. The van der Waals surface area contributed by atoms with Gasteiger partial charge in [-0.3, -0.25) is 4.79 Å². The SMILES string of the molecule is COC(=O)c1ccc(CNC(=O)CSc2ccc(C(F)(F)F)cn2)cc1.